The zero-order chi connectivity index (χ0) is 24.4. The number of nitrogens with zero attached hydrogens (tertiary/aromatic N) is 2. The predicted molar refractivity (Wildman–Crippen MR) is 122 cm³/mol. The first-order valence-electron chi connectivity index (χ1n) is 10.3. The number of hydrogen-bond donors (Lipinski definition) is 1. The third kappa shape index (κ3) is 7.14. The molecule has 1 aliphatic heterocycles. The summed E-state index contributed by atoms with van der Waals surface area (Å²) in [5, 5.41) is 11.0. The van der Waals surface area contributed by atoms with Gasteiger partial charge in [0.15, 0.2) is 13.2 Å². The van der Waals surface area contributed by atoms with Crippen molar-refractivity contribution in [2.75, 3.05) is 44.8 Å². The Kier molecular flexibility index (Phi) is 8.75. The van der Waals surface area contributed by atoms with E-state index < -0.39 is 28.5 Å². The summed E-state index contributed by atoms with van der Waals surface area (Å²) in [6, 6.07) is 14.4. The average Bonchev–Trinajstić information content (AvgIpc) is 2.86. The van der Waals surface area contributed by atoms with Crippen molar-refractivity contribution in [2.45, 2.75) is 4.90 Å². The van der Waals surface area contributed by atoms with Crippen LogP contribution in [0.15, 0.2) is 59.5 Å². The van der Waals surface area contributed by atoms with Gasteiger partial charge in [-0.25, -0.2) is 13.2 Å². The van der Waals surface area contributed by atoms with Crippen molar-refractivity contribution in [3.05, 3.63) is 60.2 Å². The van der Waals surface area contributed by atoms with Gasteiger partial charge >= 0.3 is 5.97 Å². The van der Waals surface area contributed by atoms with Crippen LogP contribution in [-0.4, -0.2) is 64.1 Å². The fraction of sp³-hybridized carbons (Fsp3) is 0.261. The Bertz CT molecular complexity index is 1180. The molecule has 0 aliphatic carbocycles. The molecule has 2 aromatic rings. The lowest BCUT2D eigenvalue weighted by molar-refractivity contribution is -0.142. The number of hydrogen-bond acceptors (Lipinski definition) is 8. The van der Waals surface area contributed by atoms with Crippen molar-refractivity contribution < 1.29 is 32.2 Å². The van der Waals surface area contributed by atoms with Crippen LogP contribution in [0.4, 0.5) is 5.69 Å². The van der Waals surface area contributed by atoms with Crippen molar-refractivity contribution in [3.63, 3.8) is 0 Å². The van der Waals surface area contributed by atoms with E-state index in [1.54, 1.807) is 30.3 Å². The van der Waals surface area contributed by atoms with Crippen LogP contribution in [0.1, 0.15) is 5.56 Å². The van der Waals surface area contributed by atoms with Crippen LogP contribution in [0.3, 0.4) is 0 Å². The molecule has 1 N–H and O–H groups in total. The molecule has 0 unspecified atom stereocenters. The highest BCUT2D eigenvalue weighted by atomic mass is 32.2. The smallest absolute Gasteiger partial charge is 0.331 e. The Morgan fingerprint density at radius 2 is 1.88 bits per heavy atom. The number of carbonyl (C=O) groups is 2. The van der Waals surface area contributed by atoms with Gasteiger partial charge in [-0.3, -0.25) is 4.79 Å². The number of benzene rings is 2. The fourth-order valence-electron chi connectivity index (χ4n) is 3.01. The molecule has 3 rings (SSSR count). The molecule has 10 nitrogen and oxygen atoms in total. The van der Waals surface area contributed by atoms with Gasteiger partial charge in [-0.05, 0) is 42.0 Å². The van der Waals surface area contributed by atoms with E-state index >= 15 is 0 Å². The molecule has 2 aromatic carbocycles. The van der Waals surface area contributed by atoms with E-state index in [-0.39, 0.29) is 30.3 Å². The number of esters is 1. The largest absolute Gasteiger partial charge is 0.479 e. The van der Waals surface area contributed by atoms with Gasteiger partial charge in [-0.2, -0.15) is 9.57 Å². The highest BCUT2D eigenvalue weighted by Gasteiger charge is 2.26. The van der Waals surface area contributed by atoms with Gasteiger partial charge in [0.05, 0.1) is 18.1 Å². The van der Waals surface area contributed by atoms with Crippen LogP contribution < -0.4 is 10.1 Å². The van der Waals surface area contributed by atoms with Crippen molar-refractivity contribution in [1.82, 2.24) is 4.31 Å². The molecule has 178 valence electrons. The number of carbonyl (C=O) groups excluding carboxylic acids is 2. The van der Waals surface area contributed by atoms with E-state index in [1.165, 1.54) is 34.7 Å². The van der Waals surface area contributed by atoms with Crippen LogP contribution in [0.5, 0.6) is 5.75 Å². The van der Waals surface area contributed by atoms with E-state index in [9.17, 15) is 18.0 Å². The van der Waals surface area contributed by atoms with Crippen molar-refractivity contribution >= 4 is 33.7 Å². The second kappa shape index (κ2) is 11.9. The molecule has 1 aliphatic rings. The first-order chi connectivity index (χ1) is 16.4. The topological polar surface area (TPSA) is 135 Å². The number of nitrogens with one attached hydrogen (secondary N) is 1. The number of nitriles is 1. The molecule has 0 saturated carbocycles. The second-order valence-corrected chi connectivity index (χ2v) is 8.99. The SMILES string of the molecule is N#CCOc1ccc(/C=C/C(=O)OCC(=O)Nc2cccc(S(=O)(=O)N3CCOCC3)c2)cc1. The minimum absolute atomic E-state index is 0.0520. The first kappa shape index (κ1) is 24.9. The second-order valence-electron chi connectivity index (χ2n) is 7.05. The standard InChI is InChI=1S/C23H23N3O7S/c24-10-13-32-20-7-4-18(5-8-20)6-9-23(28)33-17-22(27)25-19-2-1-3-21(16-19)34(29,30)26-11-14-31-15-12-26/h1-9,16H,11-15,17H2,(H,25,27)/b9-6+. The van der Waals surface area contributed by atoms with Gasteiger partial charge in [0.25, 0.3) is 5.91 Å². The lowest BCUT2D eigenvalue weighted by Gasteiger charge is -2.26. The summed E-state index contributed by atoms with van der Waals surface area (Å²) in [5.74, 6) is -0.801. The van der Waals surface area contributed by atoms with Crippen LogP contribution in [0.25, 0.3) is 6.08 Å². The van der Waals surface area contributed by atoms with Gasteiger partial charge in [-0.15, -0.1) is 0 Å². The van der Waals surface area contributed by atoms with Gasteiger partial charge < -0.3 is 19.5 Å². The maximum absolute atomic E-state index is 12.8. The highest BCUT2D eigenvalue weighted by molar-refractivity contribution is 7.89. The molecular weight excluding hydrogens is 462 g/mol. The molecule has 0 radical (unpaired) electrons. The van der Waals surface area contributed by atoms with Crippen LogP contribution in [-0.2, 0) is 29.1 Å². The first-order valence-corrected chi connectivity index (χ1v) is 11.7. The van der Waals surface area contributed by atoms with Crippen molar-refractivity contribution in [1.29, 1.82) is 5.26 Å². The minimum atomic E-state index is -3.70. The zero-order valence-corrected chi connectivity index (χ0v) is 19.0. The third-order valence-electron chi connectivity index (χ3n) is 4.67. The van der Waals surface area contributed by atoms with Gasteiger partial charge in [-0.1, -0.05) is 18.2 Å². The maximum atomic E-state index is 12.8. The zero-order valence-electron chi connectivity index (χ0n) is 18.2. The van der Waals surface area contributed by atoms with E-state index in [4.69, 9.17) is 19.5 Å². The third-order valence-corrected chi connectivity index (χ3v) is 6.56. The number of anilines is 1. The summed E-state index contributed by atoms with van der Waals surface area (Å²) in [6.45, 7) is 0.597. The Morgan fingerprint density at radius 3 is 2.59 bits per heavy atom. The van der Waals surface area contributed by atoms with Gasteiger partial charge in [0.1, 0.15) is 11.8 Å². The minimum Gasteiger partial charge on any atom is -0.479 e. The van der Waals surface area contributed by atoms with E-state index in [1.807, 2.05) is 6.07 Å². The number of morpholine rings is 1. The Balaban J connectivity index is 1.50. The number of sulfonamides is 1. The molecule has 1 heterocycles. The number of amides is 1. The quantitative estimate of drug-likeness (QED) is 0.420. The molecule has 11 heteroatoms. The van der Waals surface area contributed by atoms with E-state index in [0.29, 0.717) is 24.5 Å². The molecule has 0 atom stereocenters. The lowest BCUT2D eigenvalue weighted by atomic mass is 10.2. The molecule has 1 amide bonds. The number of rotatable bonds is 9. The van der Waals surface area contributed by atoms with Gasteiger partial charge in [0, 0.05) is 24.9 Å². The molecule has 0 spiro atoms. The highest BCUT2D eigenvalue weighted by Crippen LogP contribution is 2.20. The fourth-order valence-corrected chi connectivity index (χ4v) is 4.46. The monoisotopic (exact) mass is 485 g/mol. The average molecular weight is 486 g/mol. The lowest BCUT2D eigenvalue weighted by Crippen LogP contribution is -2.40. The van der Waals surface area contributed by atoms with Crippen LogP contribution >= 0.6 is 0 Å². The summed E-state index contributed by atoms with van der Waals surface area (Å²) in [7, 11) is -3.70. The van der Waals surface area contributed by atoms with E-state index in [0.717, 1.165) is 0 Å². The molecule has 0 bridgehead atoms. The maximum Gasteiger partial charge on any atom is 0.331 e. The summed E-state index contributed by atoms with van der Waals surface area (Å²) in [4.78, 5) is 24.1. The molecule has 1 fully saturated rings. The Labute approximate surface area is 197 Å². The summed E-state index contributed by atoms with van der Waals surface area (Å²) in [5.41, 5.74) is 0.966. The molecule has 34 heavy (non-hydrogen) atoms. The molecule has 0 aromatic heterocycles. The van der Waals surface area contributed by atoms with E-state index in [2.05, 4.69) is 5.32 Å². The predicted octanol–water partition coefficient (Wildman–Crippen LogP) is 1.80. The van der Waals surface area contributed by atoms with Crippen molar-refractivity contribution in [3.8, 4) is 11.8 Å². The Hall–Kier alpha value is -3.72. The van der Waals surface area contributed by atoms with Crippen LogP contribution in [0, 0.1) is 11.3 Å². The summed E-state index contributed by atoms with van der Waals surface area (Å²) < 4.78 is 42.1. The molecule has 1 saturated heterocycles. The van der Waals surface area contributed by atoms with Crippen LogP contribution in [0.2, 0.25) is 0 Å². The van der Waals surface area contributed by atoms with Crippen molar-refractivity contribution in [2.24, 2.45) is 0 Å². The van der Waals surface area contributed by atoms with Gasteiger partial charge in [0.2, 0.25) is 10.0 Å². The Morgan fingerprint density at radius 1 is 1.15 bits per heavy atom. The molecular formula is C23H23N3O7S. The normalized spacial score (nSPS) is 14.3. The summed E-state index contributed by atoms with van der Waals surface area (Å²) >= 11 is 0. The number of ether oxygens (including phenoxy) is 3. The summed E-state index contributed by atoms with van der Waals surface area (Å²) in [6.07, 6.45) is 2.68.